The second-order valence-corrected chi connectivity index (χ2v) is 17.6. The van der Waals surface area contributed by atoms with Gasteiger partial charge in [-0.25, -0.2) is 0 Å². The zero-order valence-electron chi connectivity index (χ0n) is 39.2. The molecule has 0 aliphatic carbocycles. The summed E-state index contributed by atoms with van der Waals surface area (Å²) in [6.07, 6.45) is 40.4. The molecule has 0 aromatic rings. The molecule has 1 fully saturated rings. The molecule has 0 saturated carbocycles. The molecule has 61 heavy (non-hydrogen) atoms. The highest BCUT2D eigenvalue weighted by atomic mass is 16.7. The van der Waals surface area contributed by atoms with Gasteiger partial charge in [-0.3, -0.25) is 9.59 Å². The van der Waals surface area contributed by atoms with Gasteiger partial charge >= 0.3 is 11.9 Å². The summed E-state index contributed by atoms with van der Waals surface area (Å²) >= 11 is 0. The number of aliphatic hydroxyl groups excluding tert-OH is 4. The first kappa shape index (κ1) is 57.2. The van der Waals surface area contributed by atoms with Gasteiger partial charge in [-0.1, -0.05) is 179 Å². The average Bonchev–Trinajstić information content (AvgIpc) is 3.26. The van der Waals surface area contributed by atoms with Crippen LogP contribution in [-0.4, -0.2) is 89.0 Å². The molecule has 1 saturated heterocycles. The summed E-state index contributed by atoms with van der Waals surface area (Å²) in [6.45, 7) is 3.43. The molecular weight excluding hydrogens is 773 g/mol. The number of hydrogen-bond acceptors (Lipinski definition) is 10. The van der Waals surface area contributed by atoms with Gasteiger partial charge in [0, 0.05) is 12.8 Å². The molecule has 0 bridgehead atoms. The fourth-order valence-corrected chi connectivity index (χ4v) is 7.77. The highest BCUT2D eigenvalue weighted by Gasteiger charge is 2.44. The number of rotatable bonds is 43. The van der Waals surface area contributed by atoms with E-state index in [1.165, 1.54) is 154 Å². The number of ether oxygens (including phenoxy) is 4. The topological polar surface area (TPSA) is 152 Å². The van der Waals surface area contributed by atoms with Gasteiger partial charge in [0.15, 0.2) is 12.4 Å². The second kappa shape index (κ2) is 42.1. The van der Waals surface area contributed by atoms with E-state index in [0.717, 1.165) is 44.9 Å². The highest BCUT2D eigenvalue weighted by Crippen LogP contribution is 2.23. The molecule has 2 unspecified atom stereocenters. The Morgan fingerprint density at radius 2 is 0.869 bits per heavy atom. The Bertz CT molecular complexity index is 1050. The maximum atomic E-state index is 12.8. The quantitative estimate of drug-likeness (QED) is 0.0265. The molecule has 10 nitrogen and oxygen atoms in total. The first-order valence-electron chi connectivity index (χ1n) is 25.4. The second-order valence-electron chi connectivity index (χ2n) is 17.6. The van der Waals surface area contributed by atoms with Gasteiger partial charge in [0.2, 0.25) is 0 Å². The number of aliphatic hydroxyl groups is 4. The van der Waals surface area contributed by atoms with Crippen LogP contribution in [0, 0.1) is 0 Å². The first-order chi connectivity index (χ1) is 29.8. The van der Waals surface area contributed by atoms with E-state index in [-0.39, 0.29) is 32.0 Å². The average molecular weight is 867 g/mol. The lowest BCUT2D eigenvalue weighted by atomic mass is 9.99. The van der Waals surface area contributed by atoms with Crippen molar-refractivity contribution in [2.24, 2.45) is 0 Å². The molecule has 4 N–H and O–H groups in total. The van der Waals surface area contributed by atoms with E-state index in [0.29, 0.717) is 6.42 Å². The van der Waals surface area contributed by atoms with Crippen LogP contribution >= 0.6 is 0 Å². The van der Waals surface area contributed by atoms with E-state index in [9.17, 15) is 30.0 Å². The van der Waals surface area contributed by atoms with Crippen molar-refractivity contribution in [3.05, 3.63) is 24.3 Å². The summed E-state index contributed by atoms with van der Waals surface area (Å²) in [5.74, 6) is -0.817. The number of unbranched alkanes of at least 4 members (excludes halogenated alkanes) is 28. The minimum atomic E-state index is -1.60. The summed E-state index contributed by atoms with van der Waals surface area (Å²) in [6, 6.07) is 0. The van der Waals surface area contributed by atoms with Crippen LogP contribution in [0.1, 0.15) is 232 Å². The van der Waals surface area contributed by atoms with Crippen molar-refractivity contribution in [2.75, 3.05) is 19.8 Å². The fourth-order valence-electron chi connectivity index (χ4n) is 7.77. The first-order valence-corrected chi connectivity index (χ1v) is 25.4. The minimum Gasteiger partial charge on any atom is -0.462 e. The van der Waals surface area contributed by atoms with Gasteiger partial charge in [-0.2, -0.15) is 0 Å². The maximum absolute atomic E-state index is 12.8. The van der Waals surface area contributed by atoms with Crippen LogP contribution in [0.4, 0.5) is 0 Å². The molecule has 0 amide bonds. The highest BCUT2D eigenvalue weighted by molar-refractivity contribution is 5.70. The SMILES string of the molecule is CCCCCCCC/C=C/CCCCCCCCCCCCCC(=O)OC[C@@H](CO[C@H]1O[C@@H](CO)[C@@H](O)C(O)C1O)OC(=O)CCCCC/C=C/CCCCCCCCCC. The van der Waals surface area contributed by atoms with E-state index >= 15 is 0 Å². The summed E-state index contributed by atoms with van der Waals surface area (Å²) < 4.78 is 22.2. The Morgan fingerprint density at radius 1 is 0.492 bits per heavy atom. The zero-order valence-corrected chi connectivity index (χ0v) is 39.2. The van der Waals surface area contributed by atoms with E-state index in [4.69, 9.17) is 18.9 Å². The summed E-state index contributed by atoms with van der Waals surface area (Å²) in [7, 11) is 0. The van der Waals surface area contributed by atoms with Crippen molar-refractivity contribution in [2.45, 2.75) is 269 Å². The van der Waals surface area contributed by atoms with Gasteiger partial charge < -0.3 is 39.4 Å². The van der Waals surface area contributed by atoms with Gasteiger partial charge in [-0.05, 0) is 64.2 Å². The molecule has 1 rings (SSSR count). The Hall–Kier alpha value is -1.82. The third kappa shape index (κ3) is 33.4. The normalized spacial score (nSPS) is 19.9. The van der Waals surface area contributed by atoms with E-state index in [2.05, 4.69) is 38.2 Å². The largest absolute Gasteiger partial charge is 0.462 e. The number of carbonyl (C=O) groups is 2. The van der Waals surface area contributed by atoms with Gasteiger partial charge in [0.05, 0.1) is 13.2 Å². The monoisotopic (exact) mass is 867 g/mol. The molecular formula is C51H94O10. The van der Waals surface area contributed by atoms with Crippen molar-refractivity contribution in [1.82, 2.24) is 0 Å². The third-order valence-corrected chi connectivity index (χ3v) is 11.8. The van der Waals surface area contributed by atoms with Gasteiger partial charge in [0.25, 0.3) is 0 Å². The number of allylic oxidation sites excluding steroid dienone is 4. The Kier molecular flexibility index (Phi) is 39.5. The number of hydrogen-bond donors (Lipinski definition) is 4. The predicted molar refractivity (Wildman–Crippen MR) is 247 cm³/mol. The lowest BCUT2D eigenvalue weighted by molar-refractivity contribution is -0.305. The van der Waals surface area contributed by atoms with Crippen LogP contribution in [0.15, 0.2) is 24.3 Å². The molecule has 0 aromatic heterocycles. The minimum absolute atomic E-state index is 0.212. The van der Waals surface area contributed by atoms with E-state index < -0.39 is 49.4 Å². The Labute approximate surface area is 373 Å². The molecule has 1 aliphatic rings. The van der Waals surface area contributed by atoms with Gasteiger partial charge in [-0.15, -0.1) is 0 Å². The summed E-state index contributed by atoms with van der Waals surface area (Å²) in [5.41, 5.74) is 0. The van der Waals surface area contributed by atoms with Crippen LogP contribution in [0.5, 0.6) is 0 Å². The standard InChI is InChI=1S/C51H94O10/c1-3-5-7-9-11-13-15-17-19-20-21-22-23-24-26-27-29-31-33-35-37-39-46(53)58-42-44(43-59-51-50(57)49(56)48(55)45(41-52)61-51)60-47(54)40-38-36-34-32-30-28-25-18-16-14-12-10-8-6-4-2/h17,19,28,30,44-45,48-52,55-57H,3-16,18,20-27,29,31-43H2,1-2H3/b19-17+,30-28+/t44-,45-,48+,49?,50?,51-/m0/s1. The van der Waals surface area contributed by atoms with Crippen molar-refractivity contribution < 1.29 is 49.0 Å². The summed E-state index contributed by atoms with van der Waals surface area (Å²) in [4.78, 5) is 25.4. The third-order valence-electron chi connectivity index (χ3n) is 11.8. The van der Waals surface area contributed by atoms with Crippen LogP contribution in [0.2, 0.25) is 0 Å². The van der Waals surface area contributed by atoms with Crippen molar-refractivity contribution in [1.29, 1.82) is 0 Å². The molecule has 0 radical (unpaired) electrons. The lowest BCUT2D eigenvalue weighted by Crippen LogP contribution is -2.59. The fraction of sp³-hybridized carbons (Fsp3) is 0.882. The van der Waals surface area contributed by atoms with Crippen LogP contribution in [0.25, 0.3) is 0 Å². The molecule has 10 heteroatoms. The molecule has 1 heterocycles. The van der Waals surface area contributed by atoms with E-state index in [1.807, 2.05) is 0 Å². The van der Waals surface area contributed by atoms with Crippen molar-refractivity contribution in [3.8, 4) is 0 Å². The van der Waals surface area contributed by atoms with Gasteiger partial charge in [0.1, 0.15) is 31.0 Å². The maximum Gasteiger partial charge on any atom is 0.306 e. The van der Waals surface area contributed by atoms with E-state index in [1.54, 1.807) is 0 Å². The Morgan fingerprint density at radius 3 is 1.30 bits per heavy atom. The Balaban J connectivity index is 2.25. The summed E-state index contributed by atoms with van der Waals surface area (Å²) in [5, 5.41) is 40.2. The number of esters is 2. The smallest absolute Gasteiger partial charge is 0.306 e. The molecule has 0 aromatic carbocycles. The molecule has 0 spiro atoms. The van der Waals surface area contributed by atoms with Crippen LogP contribution in [-0.2, 0) is 28.5 Å². The lowest BCUT2D eigenvalue weighted by Gasteiger charge is -2.39. The van der Waals surface area contributed by atoms with Crippen molar-refractivity contribution >= 4 is 11.9 Å². The molecule has 6 atom stereocenters. The van der Waals surface area contributed by atoms with Crippen LogP contribution < -0.4 is 0 Å². The van der Waals surface area contributed by atoms with Crippen LogP contribution in [0.3, 0.4) is 0 Å². The molecule has 358 valence electrons. The number of carbonyl (C=O) groups excluding carboxylic acids is 2. The molecule has 1 aliphatic heterocycles. The zero-order chi connectivity index (χ0) is 44.4. The van der Waals surface area contributed by atoms with Crippen molar-refractivity contribution in [3.63, 3.8) is 0 Å². The predicted octanol–water partition coefficient (Wildman–Crippen LogP) is 11.7.